The average molecular weight is 246 g/mol. The Balaban J connectivity index is 1.92. The van der Waals surface area contributed by atoms with Crippen LogP contribution in [0.2, 0.25) is 0 Å². The molecule has 1 aromatic heterocycles. The van der Waals surface area contributed by atoms with Crippen molar-refractivity contribution < 1.29 is 9.84 Å². The van der Waals surface area contributed by atoms with E-state index in [0.29, 0.717) is 13.0 Å². The van der Waals surface area contributed by atoms with Gasteiger partial charge in [0.15, 0.2) is 0 Å². The van der Waals surface area contributed by atoms with E-state index in [1.807, 2.05) is 35.9 Å². The van der Waals surface area contributed by atoms with E-state index in [1.54, 1.807) is 19.4 Å². The summed E-state index contributed by atoms with van der Waals surface area (Å²) in [6.45, 7) is 2.29. The second-order valence-corrected chi connectivity index (χ2v) is 4.48. The third-order valence-corrected chi connectivity index (χ3v) is 2.76. The van der Waals surface area contributed by atoms with E-state index >= 15 is 0 Å². The van der Waals surface area contributed by atoms with Gasteiger partial charge in [-0.05, 0) is 31.0 Å². The summed E-state index contributed by atoms with van der Waals surface area (Å²) in [4.78, 5) is 4.04. The molecule has 0 spiro atoms. The quantitative estimate of drug-likeness (QED) is 0.876. The molecule has 1 N–H and O–H groups in total. The molecule has 0 aliphatic heterocycles. The van der Waals surface area contributed by atoms with E-state index < -0.39 is 0 Å². The molecule has 2 rings (SSSR count). The van der Waals surface area contributed by atoms with E-state index in [-0.39, 0.29) is 6.10 Å². The molecule has 1 heterocycles. The van der Waals surface area contributed by atoms with Crippen LogP contribution >= 0.6 is 0 Å². The van der Waals surface area contributed by atoms with Crippen molar-refractivity contribution in [1.82, 2.24) is 9.55 Å². The fraction of sp³-hybridized carbons (Fsp3) is 0.357. The van der Waals surface area contributed by atoms with Crippen molar-refractivity contribution in [3.63, 3.8) is 0 Å². The van der Waals surface area contributed by atoms with Gasteiger partial charge in [0.05, 0.1) is 24.3 Å². The number of hydrogen-bond acceptors (Lipinski definition) is 3. The topological polar surface area (TPSA) is 47.3 Å². The normalized spacial score (nSPS) is 12.4. The van der Waals surface area contributed by atoms with E-state index in [4.69, 9.17) is 4.74 Å². The van der Waals surface area contributed by atoms with Crippen LogP contribution in [0.1, 0.15) is 18.2 Å². The molecule has 96 valence electrons. The first-order chi connectivity index (χ1) is 8.65. The lowest BCUT2D eigenvalue weighted by Gasteiger charge is -2.08. The SMILES string of the molecule is CC(O)Cc1ccc(OCc2cncn2C)cc1. The van der Waals surface area contributed by atoms with Crippen LogP contribution < -0.4 is 4.74 Å². The summed E-state index contributed by atoms with van der Waals surface area (Å²) in [7, 11) is 1.94. The summed E-state index contributed by atoms with van der Waals surface area (Å²) in [5, 5.41) is 9.29. The number of nitrogens with zero attached hydrogens (tertiary/aromatic N) is 2. The van der Waals surface area contributed by atoms with Crippen molar-refractivity contribution in [3.8, 4) is 5.75 Å². The predicted molar refractivity (Wildman–Crippen MR) is 69.4 cm³/mol. The molecule has 0 bridgehead atoms. The predicted octanol–water partition coefficient (Wildman–Crippen LogP) is 1.92. The first kappa shape index (κ1) is 12.6. The molecule has 0 saturated heterocycles. The Morgan fingerprint density at radius 3 is 2.61 bits per heavy atom. The van der Waals surface area contributed by atoms with E-state index in [1.165, 1.54) is 0 Å². The summed E-state index contributed by atoms with van der Waals surface area (Å²) in [5.74, 6) is 0.825. The molecule has 1 unspecified atom stereocenters. The summed E-state index contributed by atoms with van der Waals surface area (Å²) < 4.78 is 7.60. The van der Waals surface area contributed by atoms with Gasteiger partial charge >= 0.3 is 0 Å². The van der Waals surface area contributed by atoms with E-state index in [9.17, 15) is 5.11 Å². The molecule has 4 heteroatoms. The first-order valence-electron chi connectivity index (χ1n) is 6.00. The zero-order valence-corrected chi connectivity index (χ0v) is 10.7. The Bertz CT molecular complexity index is 489. The first-order valence-corrected chi connectivity index (χ1v) is 6.00. The van der Waals surface area contributed by atoms with Gasteiger partial charge in [-0.3, -0.25) is 0 Å². The molecule has 1 atom stereocenters. The minimum absolute atomic E-state index is 0.314. The third kappa shape index (κ3) is 3.34. The number of hydrogen-bond donors (Lipinski definition) is 1. The molecule has 0 amide bonds. The van der Waals surface area contributed by atoms with Gasteiger partial charge in [0.2, 0.25) is 0 Å². The van der Waals surface area contributed by atoms with Crippen LogP contribution in [0.15, 0.2) is 36.8 Å². The maximum Gasteiger partial charge on any atom is 0.130 e. The Hall–Kier alpha value is -1.81. The van der Waals surface area contributed by atoms with Gasteiger partial charge in [0.1, 0.15) is 12.4 Å². The van der Waals surface area contributed by atoms with Gasteiger partial charge in [-0.15, -0.1) is 0 Å². The molecule has 0 saturated carbocycles. The highest BCUT2D eigenvalue weighted by Crippen LogP contribution is 2.15. The molecule has 0 aliphatic rings. The van der Waals surface area contributed by atoms with Crippen molar-refractivity contribution in [2.45, 2.75) is 26.1 Å². The molecular formula is C14H18N2O2. The number of benzene rings is 1. The van der Waals surface area contributed by atoms with Crippen LogP contribution in [-0.2, 0) is 20.1 Å². The molecule has 4 nitrogen and oxygen atoms in total. The van der Waals surface area contributed by atoms with Crippen LogP contribution in [0.3, 0.4) is 0 Å². The van der Waals surface area contributed by atoms with Crippen molar-refractivity contribution in [2.75, 3.05) is 0 Å². The number of imidazole rings is 1. The lowest BCUT2D eigenvalue weighted by atomic mass is 10.1. The minimum atomic E-state index is -0.314. The highest BCUT2D eigenvalue weighted by atomic mass is 16.5. The standard InChI is InChI=1S/C14H18N2O2/c1-11(17)7-12-3-5-14(6-4-12)18-9-13-8-15-10-16(13)2/h3-6,8,10-11,17H,7,9H2,1-2H3. The lowest BCUT2D eigenvalue weighted by molar-refractivity contribution is 0.195. The zero-order valence-electron chi connectivity index (χ0n) is 10.7. The van der Waals surface area contributed by atoms with Gasteiger partial charge < -0.3 is 14.4 Å². The Labute approximate surface area is 107 Å². The van der Waals surface area contributed by atoms with Crippen LogP contribution in [0.4, 0.5) is 0 Å². The molecular weight excluding hydrogens is 228 g/mol. The molecule has 18 heavy (non-hydrogen) atoms. The average Bonchev–Trinajstić information content (AvgIpc) is 2.73. The highest BCUT2D eigenvalue weighted by molar-refractivity contribution is 5.27. The highest BCUT2D eigenvalue weighted by Gasteiger charge is 2.02. The molecule has 0 radical (unpaired) electrons. The van der Waals surface area contributed by atoms with Crippen molar-refractivity contribution in [2.24, 2.45) is 7.05 Å². The van der Waals surface area contributed by atoms with Gasteiger partial charge in [0, 0.05) is 7.05 Å². The molecule has 0 fully saturated rings. The number of aryl methyl sites for hydroxylation is 1. The third-order valence-electron chi connectivity index (χ3n) is 2.76. The van der Waals surface area contributed by atoms with Gasteiger partial charge in [-0.1, -0.05) is 12.1 Å². The summed E-state index contributed by atoms with van der Waals surface area (Å²) in [6, 6.07) is 7.80. The minimum Gasteiger partial charge on any atom is -0.487 e. The lowest BCUT2D eigenvalue weighted by Crippen LogP contribution is -2.04. The smallest absolute Gasteiger partial charge is 0.130 e. The van der Waals surface area contributed by atoms with Gasteiger partial charge in [-0.2, -0.15) is 0 Å². The fourth-order valence-corrected chi connectivity index (χ4v) is 1.74. The molecule has 2 aromatic rings. The number of aliphatic hydroxyl groups excluding tert-OH is 1. The number of aromatic nitrogens is 2. The van der Waals surface area contributed by atoms with Crippen molar-refractivity contribution in [1.29, 1.82) is 0 Å². The van der Waals surface area contributed by atoms with Gasteiger partial charge in [0.25, 0.3) is 0 Å². The van der Waals surface area contributed by atoms with Crippen LogP contribution in [-0.4, -0.2) is 20.8 Å². The van der Waals surface area contributed by atoms with E-state index in [2.05, 4.69) is 4.98 Å². The summed E-state index contributed by atoms with van der Waals surface area (Å²) in [6.07, 6.45) is 3.90. The Kier molecular flexibility index (Phi) is 3.99. The van der Waals surface area contributed by atoms with Crippen LogP contribution in [0.5, 0.6) is 5.75 Å². The van der Waals surface area contributed by atoms with E-state index in [0.717, 1.165) is 17.0 Å². The fourth-order valence-electron chi connectivity index (χ4n) is 1.74. The van der Waals surface area contributed by atoms with Crippen LogP contribution in [0, 0.1) is 0 Å². The van der Waals surface area contributed by atoms with Crippen molar-refractivity contribution >= 4 is 0 Å². The number of aliphatic hydroxyl groups is 1. The van der Waals surface area contributed by atoms with Crippen molar-refractivity contribution in [3.05, 3.63) is 48.0 Å². The number of ether oxygens (including phenoxy) is 1. The zero-order chi connectivity index (χ0) is 13.0. The molecule has 1 aromatic carbocycles. The van der Waals surface area contributed by atoms with Crippen LogP contribution in [0.25, 0.3) is 0 Å². The van der Waals surface area contributed by atoms with Gasteiger partial charge in [-0.25, -0.2) is 4.98 Å². The second-order valence-electron chi connectivity index (χ2n) is 4.48. The Morgan fingerprint density at radius 1 is 1.33 bits per heavy atom. The summed E-state index contributed by atoms with van der Waals surface area (Å²) >= 11 is 0. The maximum atomic E-state index is 9.29. The largest absolute Gasteiger partial charge is 0.487 e. The number of rotatable bonds is 5. The monoisotopic (exact) mass is 246 g/mol. The summed E-state index contributed by atoms with van der Waals surface area (Å²) in [5.41, 5.74) is 2.14. The maximum absolute atomic E-state index is 9.29. The molecule has 0 aliphatic carbocycles. The second kappa shape index (κ2) is 5.69. The Morgan fingerprint density at radius 2 is 2.06 bits per heavy atom.